The van der Waals surface area contributed by atoms with E-state index in [0.717, 1.165) is 13.1 Å². The van der Waals surface area contributed by atoms with E-state index in [4.69, 9.17) is 14.2 Å². The summed E-state index contributed by atoms with van der Waals surface area (Å²) in [5.41, 5.74) is 0. The highest BCUT2D eigenvalue weighted by Gasteiger charge is 2.23. The number of ether oxygens (including phenoxy) is 3. The van der Waals surface area contributed by atoms with Crippen molar-refractivity contribution in [2.75, 3.05) is 59.7 Å². The topological polar surface area (TPSA) is 71.5 Å². The maximum absolute atomic E-state index is 11.6. The van der Waals surface area contributed by atoms with Crippen LogP contribution in [0.3, 0.4) is 0 Å². The summed E-state index contributed by atoms with van der Waals surface area (Å²) in [6, 6.07) is 0. The summed E-state index contributed by atoms with van der Waals surface area (Å²) in [6.45, 7) is 8.22. The maximum atomic E-state index is 11.6. The van der Waals surface area contributed by atoms with Crippen molar-refractivity contribution in [1.82, 2.24) is 9.80 Å². The lowest BCUT2D eigenvalue weighted by molar-refractivity contribution is -0.0424. The van der Waals surface area contributed by atoms with Crippen LogP contribution in [0.5, 0.6) is 0 Å². The van der Waals surface area contributed by atoms with Crippen LogP contribution in [0.25, 0.3) is 0 Å². The molecule has 1 aliphatic heterocycles. The Morgan fingerprint density at radius 2 is 1.90 bits per heavy atom. The fourth-order valence-electron chi connectivity index (χ4n) is 2.24. The van der Waals surface area contributed by atoms with E-state index in [1.54, 1.807) is 18.9 Å². The third kappa shape index (κ3) is 7.08. The van der Waals surface area contributed by atoms with E-state index in [0.29, 0.717) is 39.5 Å². The van der Waals surface area contributed by atoms with Gasteiger partial charge in [-0.15, -0.1) is 0 Å². The van der Waals surface area contributed by atoms with Gasteiger partial charge < -0.3 is 24.2 Å². The van der Waals surface area contributed by atoms with Gasteiger partial charge >= 0.3 is 6.09 Å². The van der Waals surface area contributed by atoms with Crippen LogP contribution >= 0.6 is 0 Å². The predicted molar refractivity (Wildman–Crippen MR) is 78.3 cm³/mol. The number of amides is 1. The number of β-amino-alcohol motifs (C(OH)–C–C–N with tert-alkyl or cyclic N) is 1. The molecule has 7 nitrogen and oxygen atoms in total. The van der Waals surface area contributed by atoms with Gasteiger partial charge in [0.2, 0.25) is 0 Å². The number of aliphatic hydroxyl groups excluding tert-OH is 1. The molecular weight excluding hydrogens is 276 g/mol. The van der Waals surface area contributed by atoms with Gasteiger partial charge in [0.05, 0.1) is 32.0 Å². The minimum Gasteiger partial charge on any atom is -0.450 e. The number of methoxy groups -OCH3 is 1. The molecule has 0 aromatic rings. The van der Waals surface area contributed by atoms with Gasteiger partial charge in [0.1, 0.15) is 0 Å². The van der Waals surface area contributed by atoms with Gasteiger partial charge in [0, 0.05) is 39.8 Å². The van der Waals surface area contributed by atoms with E-state index < -0.39 is 6.10 Å². The van der Waals surface area contributed by atoms with Crippen LogP contribution in [0.2, 0.25) is 0 Å². The molecule has 1 aliphatic rings. The molecule has 2 unspecified atom stereocenters. The second-order valence-corrected chi connectivity index (χ2v) is 5.24. The Kier molecular flexibility index (Phi) is 8.60. The highest BCUT2D eigenvalue weighted by molar-refractivity contribution is 5.67. The maximum Gasteiger partial charge on any atom is 0.409 e. The van der Waals surface area contributed by atoms with Crippen LogP contribution in [0, 0.1) is 0 Å². The first-order valence-electron chi connectivity index (χ1n) is 7.49. The lowest BCUT2D eigenvalue weighted by Gasteiger charge is -2.35. The largest absolute Gasteiger partial charge is 0.450 e. The standard InChI is InChI=1S/C14H28N2O5/c1-4-20-14(18)16-7-5-15(6-8-16)9-13(17)11-21-12(2)10-19-3/h12-13,17H,4-11H2,1-3H3. The number of carbonyl (C=O) groups is 1. The highest BCUT2D eigenvalue weighted by atomic mass is 16.6. The van der Waals surface area contributed by atoms with Crippen LogP contribution < -0.4 is 0 Å². The third-order valence-electron chi connectivity index (χ3n) is 3.34. The number of hydrogen-bond acceptors (Lipinski definition) is 6. The SMILES string of the molecule is CCOC(=O)N1CCN(CC(O)COC(C)COC)CC1. The molecule has 124 valence electrons. The second-order valence-electron chi connectivity index (χ2n) is 5.24. The smallest absolute Gasteiger partial charge is 0.409 e. The van der Waals surface area contributed by atoms with E-state index in [9.17, 15) is 9.90 Å². The van der Waals surface area contributed by atoms with Gasteiger partial charge in [-0.05, 0) is 13.8 Å². The van der Waals surface area contributed by atoms with Gasteiger partial charge in [-0.2, -0.15) is 0 Å². The number of aliphatic hydroxyl groups is 1. The molecule has 0 radical (unpaired) electrons. The van der Waals surface area contributed by atoms with E-state index in [-0.39, 0.29) is 12.2 Å². The first-order chi connectivity index (χ1) is 10.1. The Hall–Kier alpha value is -0.890. The number of rotatable bonds is 8. The molecule has 0 aliphatic carbocycles. The van der Waals surface area contributed by atoms with E-state index >= 15 is 0 Å². The molecule has 1 saturated heterocycles. The summed E-state index contributed by atoms with van der Waals surface area (Å²) in [5, 5.41) is 9.97. The van der Waals surface area contributed by atoms with Crippen molar-refractivity contribution in [3.63, 3.8) is 0 Å². The third-order valence-corrected chi connectivity index (χ3v) is 3.34. The lowest BCUT2D eigenvalue weighted by Crippen LogP contribution is -2.51. The Labute approximate surface area is 126 Å². The molecule has 1 rings (SSSR count). The van der Waals surface area contributed by atoms with Gasteiger partial charge in [-0.3, -0.25) is 4.90 Å². The average molecular weight is 304 g/mol. The van der Waals surface area contributed by atoms with Crippen molar-refractivity contribution in [2.24, 2.45) is 0 Å². The average Bonchev–Trinajstić information content (AvgIpc) is 2.46. The Balaban J connectivity index is 2.18. The zero-order chi connectivity index (χ0) is 15.7. The van der Waals surface area contributed by atoms with Crippen LogP contribution in [0.15, 0.2) is 0 Å². The molecule has 7 heteroatoms. The normalized spacial score (nSPS) is 19.3. The first kappa shape index (κ1) is 18.2. The zero-order valence-corrected chi connectivity index (χ0v) is 13.3. The summed E-state index contributed by atoms with van der Waals surface area (Å²) in [4.78, 5) is 15.4. The van der Waals surface area contributed by atoms with Crippen molar-refractivity contribution in [3.8, 4) is 0 Å². The molecular formula is C14H28N2O5. The monoisotopic (exact) mass is 304 g/mol. The molecule has 1 heterocycles. The molecule has 1 N–H and O–H groups in total. The zero-order valence-electron chi connectivity index (χ0n) is 13.3. The van der Waals surface area contributed by atoms with Crippen LogP contribution in [0.1, 0.15) is 13.8 Å². The van der Waals surface area contributed by atoms with Crippen LogP contribution in [-0.4, -0.2) is 92.9 Å². The van der Waals surface area contributed by atoms with Crippen molar-refractivity contribution >= 4 is 6.09 Å². The van der Waals surface area contributed by atoms with E-state index in [2.05, 4.69) is 4.90 Å². The number of carbonyl (C=O) groups excluding carboxylic acids is 1. The molecule has 0 aromatic heterocycles. The summed E-state index contributed by atoms with van der Waals surface area (Å²) in [7, 11) is 1.62. The van der Waals surface area contributed by atoms with Crippen LogP contribution in [0.4, 0.5) is 4.79 Å². The predicted octanol–water partition coefficient (Wildman–Crippen LogP) is 0.173. The van der Waals surface area contributed by atoms with Crippen molar-refractivity contribution in [2.45, 2.75) is 26.1 Å². The fraction of sp³-hybridized carbons (Fsp3) is 0.929. The highest BCUT2D eigenvalue weighted by Crippen LogP contribution is 2.05. The van der Waals surface area contributed by atoms with Gasteiger partial charge in [-0.25, -0.2) is 4.79 Å². The molecule has 0 aromatic carbocycles. The minimum absolute atomic E-state index is 0.0229. The molecule has 2 atom stereocenters. The molecule has 1 fully saturated rings. The molecule has 21 heavy (non-hydrogen) atoms. The first-order valence-corrected chi connectivity index (χ1v) is 7.49. The summed E-state index contributed by atoms with van der Waals surface area (Å²) >= 11 is 0. The molecule has 0 spiro atoms. The lowest BCUT2D eigenvalue weighted by atomic mass is 10.2. The fourth-order valence-corrected chi connectivity index (χ4v) is 2.24. The Morgan fingerprint density at radius 3 is 2.48 bits per heavy atom. The Morgan fingerprint density at radius 1 is 1.24 bits per heavy atom. The van der Waals surface area contributed by atoms with E-state index in [1.807, 2.05) is 6.92 Å². The van der Waals surface area contributed by atoms with Gasteiger partial charge in [0.15, 0.2) is 0 Å². The summed E-state index contributed by atoms with van der Waals surface area (Å²) in [6.07, 6.45) is -0.807. The number of piperazine rings is 1. The number of nitrogens with zero attached hydrogens (tertiary/aromatic N) is 2. The molecule has 0 bridgehead atoms. The van der Waals surface area contributed by atoms with Crippen molar-refractivity contribution < 1.29 is 24.1 Å². The van der Waals surface area contributed by atoms with Crippen molar-refractivity contribution in [3.05, 3.63) is 0 Å². The van der Waals surface area contributed by atoms with Gasteiger partial charge in [0.25, 0.3) is 0 Å². The quantitative estimate of drug-likeness (QED) is 0.689. The summed E-state index contributed by atoms with van der Waals surface area (Å²) < 4.78 is 15.4. The summed E-state index contributed by atoms with van der Waals surface area (Å²) in [5.74, 6) is 0. The Bertz CT molecular complexity index is 295. The molecule has 1 amide bonds. The van der Waals surface area contributed by atoms with Gasteiger partial charge in [-0.1, -0.05) is 0 Å². The van der Waals surface area contributed by atoms with Crippen molar-refractivity contribution in [1.29, 1.82) is 0 Å². The van der Waals surface area contributed by atoms with E-state index in [1.165, 1.54) is 0 Å². The van der Waals surface area contributed by atoms with Crippen LogP contribution in [-0.2, 0) is 14.2 Å². The minimum atomic E-state index is -0.529. The second kappa shape index (κ2) is 9.94. The number of hydrogen-bond donors (Lipinski definition) is 1. The molecule has 0 saturated carbocycles.